The first-order valence-corrected chi connectivity index (χ1v) is 5.30. The standard InChI is InChI=1S/C11H25NO/c1-8(6-12-5)10(3)11(4)9(2)7-13/h8-13H,6-7H2,1-5H3. The summed E-state index contributed by atoms with van der Waals surface area (Å²) in [6, 6.07) is 0. The Morgan fingerprint density at radius 3 is 1.85 bits per heavy atom. The summed E-state index contributed by atoms with van der Waals surface area (Å²) in [4.78, 5) is 0. The Balaban J connectivity index is 3.99. The van der Waals surface area contributed by atoms with Gasteiger partial charge in [0.15, 0.2) is 0 Å². The Morgan fingerprint density at radius 1 is 1.00 bits per heavy atom. The summed E-state index contributed by atoms with van der Waals surface area (Å²) < 4.78 is 0. The summed E-state index contributed by atoms with van der Waals surface area (Å²) in [5.74, 6) is 2.34. The van der Waals surface area contributed by atoms with Gasteiger partial charge in [-0.05, 0) is 37.3 Å². The first kappa shape index (κ1) is 12.9. The number of aliphatic hydroxyl groups is 1. The van der Waals surface area contributed by atoms with Crippen molar-refractivity contribution in [2.75, 3.05) is 20.2 Å². The molecule has 2 nitrogen and oxygen atoms in total. The Morgan fingerprint density at radius 2 is 1.46 bits per heavy atom. The molecule has 0 saturated carbocycles. The molecule has 0 fully saturated rings. The smallest absolute Gasteiger partial charge is 0.0459 e. The van der Waals surface area contributed by atoms with Crippen molar-refractivity contribution in [3.63, 3.8) is 0 Å². The van der Waals surface area contributed by atoms with Crippen LogP contribution in [0.15, 0.2) is 0 Å². The molecule has 2 heteroatoms. The summed E-state index contributed by atoms with van der Waals surface area (Å²) in [5, 5.41) is 12.2. The number of nitrogens with one attached hydrogen (secondary N) is 1. The third-order valence-electron chi connectivity index (χ3n) is 3.44. The largest absolute Gasteiger partial charge is 0.396 e. The van der Waals surface area contributed by atoms with E-state index in [1.807, 2.05) is 7.05 Å². The summed E-state index contributed by atoms with van der Waals surface area (Å²) in [6.45, 7) is 10.3. The number of rotatable bonds is 6. The second kappa shape index (κ2) is 6.39. The molecule has 0 saturated heterocycles. The van der Waals surface area contributed by atoms with Crippen LogP contribution in [0.2, 0.25) is 0 Å². The average Bonchev–Trinajstić information content (AvgIpc) is 2.14. The lowest BCUT2D eigenvalue weighted by Crippen LogP contribution is -2.29. The molecule has 0 aromatic carbocycles. The maximum atomic E-state index is 9.05. The molecule has 80 valence electrons. The maximum absolute atomic E-state index is 9.05. The van der Waals surface area contributed by atoms with Crippen molar-refractivity contribution in [3.05, 3.63) is 0 Å². The van der Waals surface area contributed by atoms with Crippen LogP contribution in [0.1, 0.15) is 27.7 Å². The van der Waals surface area contributed by atoms with Crippen LogP contribution >= 0.6 is 0 Å². The summed E-state index contributed by atoms with van der Waals surface area (Å²) in [6.07, 6.45) is 0. The van der Waals surface area contributed by atoms with Gasteiger partial charge in [-0.15, -0.1) is 0 Å². The molecule has 0 aromatic heterocycles. The zero-order chi connectivity index (χ0) is 10.4. The van der Waals surface area contributed by atoms with Crippen molar-refractivity contribution < 1.29 is 5.11 Å². The molecule has 2 N–H and O–H groups in total. The van der Waals surface area contributed by atoms with E-state index in [-0.39, 0.29) is 0 Å². The molecule has 4 atom stereocenters. The van der Waals surface area contributed by atoms with Crippen LogP contribution in [0.25, 0.3) is 0 Å². The van der Waals surface area contributed by atoms with Gasteiger partial charge in [-0.25, -0.2) is 0 Å². The van der Waals surface area contributed by atoms with E-state index >= 15 is 0 Å². The fourth-order valence-corrected chi connectivity index (χ4v) is 1.71. The van der Waals surface area contributed by atoms with E-state index in [0.29, 0.717) is 30.3 Å². The summed E-state index contributed by atoms with van der Waals surface area (Å²) in [7, 11) is 1.99. The van der Waals surface area contributed by atoms with Gasteiger partial charge in [0.25, 0.3) is 0 Å². The number of aliphatic hydroxyl groups excluding tert-OH is 1. The van der Waals surface area contributed by atoms with Crippen LogP contribution in [-0.4, -0.2) is 25.3 Å². The van der Waals surface area contributed by atoms with Gasteiger partial charge in [0.05, 0.1) is 0 Å². The number of hydrogen-bond acceptors (Lipinski definition) is 2. The molecule has 4 unspecified atom stereocenters. The van der Waals surface area contributed by atoms with Gasteiger partial charge in [0, 0.05) is 6.61 Å². The minimum atomic E-state index is 0.303. The van der Waals surface area contributed by atoms with Crippen molar-refractivity contribution in [2.24, 2.45) is 23.7 Å². The van der Waals surface area contributed by atoms with Gasteiger partial charge >= 0.3 is 0 Å². The minimum Gasteiger partial charge on any atom is -0.396 e. The number of hydrogen-bond donors (Lipinski definition) is 2. The molecule has 0 aromatic rings. The Kier molecular flexibility index (Phi) is 6.35. The molecule has 0 aliphatic rings. The van der Waals surface area contributed by atoms with Gasteiger partial charge in [-0.3, -0.25) is 0 Å². The lowest BCUT2D eigenvalue weighted by atomic mass is 9.78. The second-order valence-corrected chi connectivity index (χ2v) is 4.41. The average molecular weight is 187 g/mol. The Labute approximate surface area is 82.7 Å². The van der Waals surface area contributed by atoms with Crippen LogP contribution < -0.4 is 5.32 Å². The van der Waals surface area contributed by atoms with E-state index in [1.165, 1.54) is 0 Å². The van der Waals surface area contributed by atoms with E-state index in [0.717, 1.165) is 6.54 Å². The molecule has 0 bridgehead atoms. The molecule has 13 heavy (non-hydrogen) atoms. The SMILES string of the molecule is CNCC(C)C(C)C(C)C(C)CO. The molecule has 0 rings (SSSR count). The van der Waals surface area contributed by atoms with E-state index in [9.17, 15) is 0 Å². The van der Waals surface area contributed by atoms with Crippen LogP contribution in [0.5, 0.6) is 0 Å². The van der Waals surface area contributed by atoms with Crippen LogP contribution in [-0.2, 0) is 0 Å². The molecule has 0 aliphatic carbocycles. The first-order valence-electron chi connectivity index (χ1n) is 5.30. The molecular weight excluding hydrogens is 162 g/mol. The highest BCUT2D eigenvalue weighted by Crippen LogP contribution is 2.26. The van der Waals surface area contributed by atoms with Crippen molar-refractivity contribution in [1.82, 2.24) is 5.32 Å². The predicted octanol–water partition coefficient (Wildman–Crippen LogP) is 1.74. The molecule has 0 radical (unpaired) electrons. The molecule has 0 spiro atoms. The van der Waals surface area contributed by atoms with Crippen molar-refractivity contribution in [1.29, 1.82) is 0 Å². The highest BCUT2D eigenvalue weighted by atomic mass is 16.3. The zero-order valence-electron chi connectivity index (χ0n) is 9.67. The summed E-state index contributed by atoms with van der Waals surface area (Å²) >= 11 is 0. The third-order valence-corrected chi connectivity index (χ3v) is 3.44. The van der Waals surface area contributed by atoms with Crippen LogP contribution in [0, 0.1) is 23.7 Å². The van der Waals surface area contributed by atoms with E-state index in [4.69, 9.17) is 5.11 Å². The topological polar surface area (TPSA) is 32.3 Å². The van der Waals surface area contributed by atoms with E-state index in [1.54, 1.807) is 0 Å². The summed E-state index contributed by atoms with van der Waals surface area (Å²) in [5.41, 5.74) is 0. The third kappa shape index (κ3) is 4.10. The highest BCUT2D eigenvalue weighted by molar-refractivity contribution is 4.73. The van der Waals surface area contributed by atoms with E-state index in [2.05, 4.69) is 33.0 Å². The van der Waals surface area contributed by atoms with Gasteiger partial charge in [-0.2, -0.15) is 0 Å². The van der Waals surface area contributed by atoms with Crippen molar-refractivity contribution in [3.8, 4) is 0 Å². The zero-order valence-corrected chi connectivity index (χ0v) is 9.67. The van der Waals surface area contributed by atoms with Crippen molar-refractivity contribution >= 4 is 0 Å². The predicted molar refractivity (Wildman–Crippen MR) is 57.7 cm³/mol. The van der Waals surface area contributed by atoms with Gasteiger partial charge < -0.3 is 10.4 Å². The fourth-order valence-electron chi connectivity index (χ4n) is 1.71. The first-order chi connectivity index (χ1) is 6.04. The van der Waals surface area contributed by atoms with Gasteiger partial charge in [-0.1, -0.05) is 27.7 Å². The molecular formula is C11H25NO. The van der Waals surface area contributed by atoms with Crippen LogP contribution in [0.3, 0.4) is 0 Å². The van der Waals surface area contributed by atoms with Crippen LogP contribution in [0.4, 0.5) is 0 Å². The Hall–Kier alpha value is -0.0800. The lowest BCUT2D eigenvalue weighted by molar-refractivity contribution is 0.140. The van der Waals surface area contributed by atoms with Gasteiger partial charge in [0.2, 0.25) is 0 Å². The molecule has 0 amide bonds. The van der Waals surface area contributed by atoms with E-state index < -0.39 is 0 Å². The molecule has 0 aliphatic heterocycles. The maximum Gasteiger partial charge on any atom is 0.0459 e. The normalized spacial score (nSPS) is 20.8. The highest BCUT2D eigenvalue weighted by Gasteiger charge is 2.22. The van der Waals surface area contributed by atoms with Gasteiger partial charge in [0.1, 0.15) is 0 Å². The Bertz CT molecular complexity index is 127. The second-order valence-electron chi connectivity index (χ2n) is 4.41. The fraction of sp³-hybridized carbons (Fsp3) is 1.00. The minimum absolute atomic E-state index is 0.303. The lowest BCUT2D eigenvalue weighted by Gasteiger charge is -2.29. The van der Waals surface area contributed by atoms with Crippen molar-refractivity contribution in [2.45, 2.75) is 27.7 Å². The molecule has 0 heterocycles. The quantitative estimate of drug-likeness (QED) is 0.664. The monoisotopic (exact) mass is 187 g/mol.